The molecule has 1 aromatic carbocycles. The first-order chi connectivity index (χ1) is 8.15. The molecule has 1 heterocycles. The largest absolute Gasteiger partial charge is 0.381 e. The molecule has 2 rings (SSSR count). The molecule has 2 aromatic rings. The minimum Gasteiger partial charge on any atom is -0.381 e. The van der Waals surface area contributed by atoms with Gasteiger partial charge in [-0.3, -0.25) is 0 Å². The quantitative estimate of drug-likeness (QED) is 0.914. The minimum absolute atomic E-state index is 0.377. The number of hydrogen-bond acceptors (Lipinski definition) is 4. The van der Waals surface area contributed by atoms with Crippen LogP contribution in [-0.2, 0) is 6.54 Å². The maximum absolute atomic E-state index is 5.81. The van der Waals surface area contributed by atoms with Crippen LogP contribution in [0.5, 0.6) is 0 Å². The van der Waals surface area contributed by atoms with Crippen LogP contribution in [0.25, 0.3) is 0 Å². The number of nitrogens with two attached hydrogens (primary N) is 1. The molecule has 4 nitrogen and oxygen atoms in total. The molecular formula is C11H10BrClN4. The highest BCUT2D eigenvalue weighted by Gasteiger charge is 2.02. The van der Waals surface area contributed by atoms with E-state index >= 15 is 0 Å². The molecule has 6 heteroatoms. The normalized spacial score (nSPS) is 10.2. The predicted molar refractivity (Wildman–Crippen MR) is 72.9 cm³/mol. The average molecular weight is 314 g/mol. The molecule has 0 aliphatic rings. The molecule has 0 bridgehead atoms. The van der Waals surface area contributed by atoms with Crippen LogP contribution in [0.4, 0.5) is 11.6 Å². The molecule has 0 radical (unpaired) electrons. The molecule has 0 unspecified atom stereocenters. The Bertz CT molecular complexity index is 515. The summed E-state index contributed by atoms with van der Waals surface area (Å²) in [6.07, 6.45) is 1.56. The highest BCUT2D eigenvalue weighted by Crippen LogP contribution is 2.17. The van der Waals surface area contributed by atoms with Gasteiger partial charge in [-0.2, -0.15) is 0 Å². The second kappa shape index (κ2) is 5.33. The summed E-state index contributed by atoms with van der Waals surface area (Å²) in [7, 11) is 0. The van der Waals surface area contributed by atoms with E-state index in [9.17, 15) is 0 Å². The van der Waals surface area contributed by atoms with Crippen LogP contribution in [0.15, 0.2) is 35.1 Å². The van der Waals surface area contributed by atoms with Gasteiger partial charge in [0.2, 0.25) is 0 Å². The van der Waals surface area contributed by atoms with Gasteiger partial charge >= 0.3 is 0 Å². The molecule has 0 spiro atoms. The summed E-state index contributed by atoms with van der Waals surface area (Å²) in [5.74, 6) is 0.941. The standard InChI is InChI=1S/C11H10BrClN4/c12-9-6-15-10(14)11(17-9)16-5-7-1-3-8(13)4-2-7/h1-4,6H,5H2,(H2,14,15)(H,16,17). The second-order valence-electron chi connectivity index (χ2n) is 3.41. The lowest BCUT2D eigenvalue weighted by Crippen LogP contribution is -2.06. The number of hydrogen-bond donors (Lipinski definition) is 2. The summed E-state index contributed by atoms with van der Waals surface area (Å²) in [4.78, 5) is 8.19. The summed E-state index contributed by atoms with van der Waals surface area (Å²) >= 11 is 9.05. The highest BCUT2D eigenvalue weighted by atomic mass is 79.9. The van der Waals surface area contributed by atoms with E-state index in [4.69, 9.17) is 17.3 Å². The maximum Gasteiger partial charge on any atom is 0.170 e. The Balaban J connectivity index is 2.07. The van der Waals surface area contributed by atoms with E-state index in [-0.39, 0.29) is 0 Å². The molecular weight excluding hydrogens is 304 g/mol. The molecule has 1 aromatic heterocycles. The number of aromatic nitrogens is 2. The molecule has 3 N–H and O–H groups in total. The summed E-state index contributed by atoms with van der Waals surface area (Å²) in [5, 5.41) is 3.84. The molecule has 0 aliphatic heterocycles. The molecule has 0 fully saturated rings. The van der Waals surface area contributed by atoms with Gasteiger partial charge in [-0.05, 0) is 33.6 Å². The lowest BCUT2D eigenvalue weighted by atomic mass is 10.2. The van der Waals surface area contributed by atoms with Crippen molar-refractivity contribution in [3.63, 3.8) is 0 Å². The van der Waals surface area contributed by atoms with Crippen molar-refractivity contribution in [3.8, 4) is 0 Å². The molecule has 0 amide bonds. The average Bonchev–Trinajstić information content (AvgIpc) is 2.32. The Kier molecular flexibility index (Phi) is 3.81. The van der Waals surface area contributed by atoms with Gasteiger partial charge in [0.15, 0.2) is 11.6 Å². The van der Waals surface area contributed by atoms with Gasteiger partial charge in [0, 0.05) is 11.6 Å². The third-order valence-electron chi connectivity index (χ3n) is 2.14. The molecule has 0 atom stereocenters. The van der Waals surface area contributed by atoms with Gasteiger partial charge < -0.3 is 11.1 Å². The van der Waals surface area contributed by atoms with Crippen molar-refractivity contribution in [2.75, 3.05) is 11.1 Å². The van der Waals surface area contributed by atoms with Crippen LogP contribution in [0.1, 0.15) is 5.56 Å². The smallest absolute Gasteiger partial charge is 0.170 e. The first-order valence-corrected chi connectivity index (χ1v) is 6.08. The summed E-state index contributed by atoms with van der Waals surface area (Å²) < 4.78 is 0.644. The number of nitrogens with one attached hydrogen (secondary N) is 1. The van der Waals surface area contributed by atoms with Gasteiger partial charge in [-0.1, -0.05) is 23.7 Å². The lowest BCUT2D eigenvalue weighted by Gasteiger charge is -2.07. The van der Waals surface area contributed by atoms with E-state index in [0.717, 1.165) is 10.6 Å². The number of anilines is 2. The Morgan fingerprint density at radius 1 is 1.29 bits per heavy atom. The summed E-state index contributed by atoms with van der Waals surface area (Å²) in [6.45, 7) is 0.618. The highest BCUT2D eigenvalue weighted by molar-refractivity contribution is 9.10. The Morgan fingerprint density at radius 2 is 2.00 bits per heavy atom. The van der Waals surface area contributed by atoms with Crippen LogP contribution < -0.4 is 11.1 Å². The monoisotopic (exact) mass is 312 g/mol. The fourth-order valence-electron chi connectivity index (χ4n) is 1.30. The third-order valence-corrected chi connectivity index (χ3v) is 2.78. The van der Waals surface area contributed by atoms with E-state index in [1.54, 1.807) is 6.20 Å². The minimum atomic E-state index is 0.377. The zero-order chi connectivity index (χ0) is 12.3. The van der Waals surface area contributed by atoms with Crippen LogP contribution in [0.2, 0.25) is 5.02 Å². The van der Waals surface area contributed by atoms with Gasteiger partial charge in [0.25, 0.3) is 0 Å². The lowest BCUT2D eigenvalue weighted by molar-refractivity contribution is 1.08. The van der Waals surface area contributed by atoms with E-state index in [2.05, 4.69) is 31.2 Å². The first kappa shape index (κ1) is 12.1. The van der Waals surface area contributed by atoms with Crippen molar-refractivity contribution in [1.82, 2.24) is 9.97 Å². The van der Waals surface area contributed by atoms with Crippen LogP contribution in [-0.4, -0.2) is 9.97 Å². The Morgan fingerprint density at radius 3 is 2.71 bits per heavy atom. The number of rotatable bonds is 3. The number of halogens is 2. The van der Waals surface area contributed by atoms with E-state index < -0.39 is 0 Å². The molecule has 0 saturated heterocycles. The fourth-order valence-corrected chi connectivity index (χ4v) is 1.70. The topological polar surface area (TPSA) is 63.8 Å². The molecule has 17 heavy (non-hydrogen) atoms. The van der Waals surface area contributed by atoms with E-state index in [1.165, 1.54) is 0 Å². The Labute approximate surface area is 112 Å². The zero-order valence-corrected chi connectivity index (χ0v) is 11.2. The number of benzene rings is 1. The van der Waals surface area contributed by atoms with Crippen molar-refractivity contribution in [3.05, 3.63) is 45.7 Å². The van der Waals surface area contributed by atoms with Crippen molar-refractivity contribution < 1.29 is 0 Å². The Hall–Kier alpha value is -1.33. The van der Waals surface area contributed by atoms with Crippen molar-refractivity contribution in [2.24, 2.45) is 0 Å². The van der Waals surface area contributed by atoms with Gasteiger partial charge in [-0.15, -0.1) is 0 Å². The SMILES string of the molecule is Nc1ncc(Br)nc1NCc1ccc(Cl)cc1. The second-order valence-corrected chi connectivity index (χ2v) is 4.66. The van der Waals surface area contributed by atoms with Crippen LogP contribution in [0.3, 0.4) is 0 Å². The summed E-state index contributed by atoms with van der Waals surface area (Å²) in [5.41, 5.74) is 6.79. The van der Waals surface area contributed by atoms with Gasteiger partial charge in [0.05, 0.1) is 6.20 Å². The van der Waals surface area contributed by atoms with Crippen LogP contribution >= 0.6 is 27.5 Å². The van der Waals surface area contributed by atoms with E-state index in [0.29, 0.717) is 22.8 Å². The van der Waals surface area contributed by atoms with E-state index in [1.807, 2.05) is 24.3 Å². The molecule has 0 saturated carbocycles. The van der Waals surface area contributed by atoms with Crippen molar-refractivity contribution in [1.29, 1.82) is 0 Å². The molecule has 0 aliphatic carbocycles. The third kappa shape index (κ3) is 3.31. The number of nitrogens with zero attached hydrogens (tertiary/aromatic N) is 2. The van der Waals surface area contributed by atoms with Crippen LogP contribution in [0, 0.1) is 0 Å². The summed E-state index contributed by atoms with van der Waals surface area (Å²) in [6, 6.07) is 7.57. The van der Waals surface area contributed by atoms with Crippen molar-refractivity contribution in [2.45, 2.75) is 6.54 Å². The van der Waals surface area contributed by atoms with Crippen molar-refractivity contribution >= 4 is 39.2 Å². The number of nitrogen functional groups attached to an aromatic ring is 1. The first-order valence-electron chi connectivity index (χ1n) is 4.91. The molecule has 88 valence electrons. The predicted octanol–water partition coefficient (Wildman–Crippen LogP) is 3.09. The zero-order valence-electron chi connectivity index (χ0n) is 8.82. The maximum atomic E-state index is 5.81. The van der Waals surface area contributed by atoms with Gasteiger partial charge in [0.1, 0.15) is 4.60 Å². The van der Waals surface area contributed by atoms with Gasteiger partial charge in [-0.25, -0.2) is 9.97 Å². The fraction of sp³-hybridized carbons (Fsp3) is 0.0909.